The second-order valence-corrected chi connectivity index (χ2v) is 6.13. The summed E-state index contributed by atoms with van der Waals surface area (Å²) >= 11 is 0. The average Bonchev–Trinajstić information content (AvgIpc) is 2.67. The van der Waals surface area contributed by atoms with E-state index in [0.29, 0.717) is 12.8 Å². The molecule has 1 atom stereocenters. The molecule has 0 aromatic carbocycles. The third-order valence-electron chi connectivity index (χ3n) is 2.60. The summed E-state index contributed by atoms with van der Waals surface area (Å²) in [5, 5.41) is 17.9. The Kier molecular flexibility index (Phi) is 5.10. The SMILES string of the molecule is CC(O)CCCNS(=O)(=O)c1cc(C(=O)O)n(C)c1. The van der Waals surface area contributed by atoms with Crippen LogP contribution in [0.5, 0.6) is 0 Å². The number of hydrogen-bond acceptors (Lipinski definition) is 4. The first kappa shape index (κ1) is 15.7. The molecule has 0 radical (unpaired) electrons. The molecule has 0 amide bonds. The summed E-state index contributed by atoms with van der Waals surface area (Å²) in [6, 6.07) is 1.11. The smallest absolute Gasteiger partial charge is 0.352 e. The largest absolute Gasteiger partial charge is 0.477 e. The summed E-state index contributed by atoms with van der Waals surface area (Å²) in [5.74, 6) is -1.18. The summed E-state index contributed by atoms with van der Waals surface area (Å²) in [7, 11) is -2.24. The monoisotopic (exact) mass is 290 g/mol. The van der Waals surface area contributed by atoms with Gasteiger partial charge >= 0.3 is 5.97 Å². The van der Waals surface area contributed by atoms with Gasteiger partial charge in [0.2, 0.25) is 10.0 Å². The number of aliphatic hydroxyl groups excluding tert-OH is 1. The lowest BCUT2D eigenvalue weighted by molar-refractivity contribution is 0.0686. The molecular weight excluding hydrogens is 272 g/mol. The number of hydrogen-bond donors (Lipinski definition) is 3. The van der Waals surface area contributed by atoms with Crippen molar-refractivity contribution in [3.63, 3.8) is 0 Å². The molecule has 8 heteroatoms. The number of sulfonamides is 1. The van der Waals surface area contributed by atoms with E-state index >= 15 is 0 Å². The molecule has 1 unspecified atom stereocenters. The minimum Gasteiger partial charge on any atom is -0.477 e. The van der Waals surface area contributed by atoms with E-state index in [1.165, 1.54) is 17.8 Å². The van der Waals surface area contributed by atoms with Crippen LogP contribution >= 0.6 is 0 Å². The van der Waals surface area contributed by atoms with E-state index in [9.17, 15) is 13.2 Å². The number of rotatable bonds is 7. The van der Waals surface area contributed by atoms with Gasteiger partial charge in [0.15, 0.2) is 0 Å². The summed E-state index contributed by atoms with van der Waals surface area (Å²) in [5.41, 5.74) is -0.0932. The van der Waals surface area contributed by atoms with Crippen LogP contribution < -0.4 is 4.72 Å². The summed E-state index contributed by atoms with van der Waals surface area (Å²) in [6.07, 6.45) is 1.79. The van der Waals surface area contributed by atoms with Gasteiger partial charge < -0.3 is 14.8 Å². The molecule has 1 aromatic heterocycles. The van der Waals surface area contributed by atoms with Crippen LogP contribution in [-0.4, -0.2) is 41.8 Å². The predicted molar refractivity (Wildman–Crippen MR) is 68.5 cm³/mol. The molecule has 1 heterocycles. The zero-order valence-corrected chi connectivity index (χ0v) is 11.6. The normalized spacial score (nSPS) is 13.4. The van der Waals surface area contributed by atoms with Gasteiger partial charge in [0, 0.05) is 19.8 Å². The number of carbonyl (C=O) groups is 1. The van der Waals surface area contributed by atoms with E-state index in [-0.39, 0.29) is 17.1 Å². The maximum Gasteiger partial charge on any atom is 0.352 e. The molecule has 19 heavy (non-hydrogen) atoms. The van der Waals surface area contributed by atoms with Crippen LogP contribution in [-0.2, 0) is 17.1 Å². The van der Waals surface area contributed by atoms with Crippen molar-refractivity contribution in [2.24, 2.45) is 7.05 Å². The molecule has 0 fully saturated rings. The van der Waals surface area contributed by atoms with Crippen molar-refractivity contribution < 1.29 is 23.4 Å². The molecule has 0 spiro atoms. The van der Waals surface area contributed by atoms with Gasteiger partial charge in [-0.25, -0.2) is 17.9 Å². The van der Waals surface area contributed by atoms with Crippen LogP contribution in [0.15, 0.2) is 17.2 Å². The van der Waals surface area contributed by atoms with Crippen molar-refractivity contribution in [2.75, 3.05) is 6.54 Å². The molecule has 1 aromatic rings. The average molecular weight is 290 g/mol. The minimum absolute atomic E-state index is 0.0792. The zero-order chi connectivity index (χ0) is 14.6. The van der Waals surface area contributed by atoms with Gasteiger partial charge in [-0.15, -0.1) is 0 Å². The fraction of sp³-hybridized carbons (Fsp3) is 0.545. The van der Waals surface area contributed by atoms with E-state index in [1.54, 1.807) is 6.92 Å². The Hall–Kier alpha value is -1.38. The maximum atomic E-state index is 11.9. The van der Waals surface area contributed by atoms with Crippen molar-refractivity contribution in [3.05, 3.63) is 18.0 Å². The highest BCUT2D eigenvalue weighted by molar-refractivity contribution is 7.89. The van der Waals surface area contributed by atoms with Crippen LogP contribution in [0.4, 0.5) is 0 Å². The van der Waals surface area contributed by atoms with Crippen LogP contribution in [0.3, 0.4) is 0 Å². The van der Waals surface area contributed by atoms with Gasteiger partial charge in [0.05, 0.1) is 6.10 Å². The van der Waals surface area contributed by atoms with Crippen LogP contribution in [0, 0.1) is 0 Å². The number of carboxylic acids is 1. The first-order chi connectivity index (χ1) is 8.74. The number of nitrogens with one attached hydrogen (secondary N) is 1. The van der Waals surface area contributed by atoms with Crippen LogP contribution in [0.25, 0.3) is 0 Å². The number of nitrogens with zero attached hydrogens (tertiary/aromatic N) is 1. The van der Waals surface area contributed by atoms with Gasteiger partial charge in [-0.05, 0) is 25.8 Å². The molecule has 0 bridgehead atoms. The third-order valence-corrected chi connectivity index (χ3v) is 4.03. The van der Waals surface area contributed by atoms with E-state index in [4.69, 9.17) is 10.2 Å². The van der Waals surface area contributed by atoms with E-state index in [2.05, 4.69) is 4.72 Å². The molecule has 0 saturated heterocycles. The second kappa shape index (κ2) is 6.18. The predicted octanol–water partition coefficient (Wildman–Crippen LogP) is 0.163. The Balaban J connectivity index is 2.72. The van der Waals surface area contributed by atoms with Gasteiger partial charge in [0.1, 0.15) is 10.6 Å². The molecule has 0 aliphatic carbocycles. The molecule has 7 nitrogen and oxygen atoms in total. The highest BCUT2D eigenvalue weighted by Crippen LogP contribution is 2.13. The topological polar surface area (TPSA) is 109 Å². The highest BCUT2D eigenvalue weighted by atomic mass is 32.2. The van der Waals surface area contributed by atoms with Gasteiger partial charge in [-0.1, -0.05) is 0 Å². The molecule has 0 saturated carbocycles. The second-order valence-electron chi connectivity index (χ2n) is 4.37. The lowest BCUT2D eigenvalue weighted by atomic mass is 10.2. The number of aryl methyl sites for hydroxylation is 1. The quantitative estimate of drug-likeness (QED) is 0.620. The van der Waals surface area contributed by atoms with Crippen LogP contribution in [0.2, 0.25) is 0 Å². The summed E-state index contributed by atoms with van der Waals surface area (Å²) < 4.78 is 27.4. The molecule has 108 valence electrons. The first-order valence-electron chi connectivity index (χ1n) is 5.81. The Morgan fingerprint density at radius 3 is 2.63 bits per heavy atom. The fourth-order valence-corrected chi connectivity index (χ4v) is 2.72. The lowest BCUT2D eigenvalue weighted by Gasteiger charge is -2.06. The Morgan fingerprint density at radius 1 is 1.53 bits per heavy atom. The Labute approximate surface area is 111 Å². The molecule has 0 aliphatic rings. The standard InChI is InChI=1S/C11H18N2O5S/c1-8(14)4-3-5-12-19(17,18)9-6-10(11(15)16)13(2)7-9/h6-8,12,14H,3-5H2,1-2H3,(H,15,16). The van der Waals surface area contributed by atoms with E-state index in [1.807, 2.05) is 0 Å². The number of carboxylic acid groups (broad SMARTS) is 1. The molecule has 0 aliphatic heterocycles. The van der Waals surface area contributed by atoms with E-state index < -0.39 is 22.1 Å². The summed E-state index contributed by atoms with van der Waals surface area (Å²) in [6.45, 7) is 1.83. The summed E-state index contributed by atoms with van der Waals surface area (Å²) in [4.78, 5) is 10.8. The van der Waals surface area contributed by atoms with Gasteiger partial charge in [-0.2, -0.15) is 0 Å². The lowest BCUT2D eigenvalue weighted by Crippen LogP contribution is -2.25. The van der Waals surface area contributed by atoms with E-state index in [0.717, 1.165) is 6.07 Å². The highest BCUT2D eigenvalue weighted by Gasteiger charge is 2.19. The third kappa shape index (κ3) is 4.34. The van der Waals surface area contributed by atoms with Crippen molar-refractivity contribution >= 4 is 16.0 Å². The van der Waals surface area contributed by atoms with Gasteiger partial charge in [0.25, 0.3) is 0 Å². The van der Waals surface area contributed by atoms with Crippen molar-refractivity contribution in [2.45, 2.75) is 30.8 Å². The Bertz CT molecular complexity index is 547. The van der Waals surface area contributed by atoms with Crippen molar-refractivity contribution in [1.82, 2.24) is 9.29 Å². The van der Waals surface area contributed by atoms with Crippen molar-refractivity contribution in [1.29, 1.82) is 0 Å². The zero-order valence-electron chi connectivity index (χ0n) is 10.8. The first-order valence-corrected chi connectivity index (χ1v) is 7.29. The fourth-order valence-electron chi connectivity index (χ4n) is 1.58. The Morgan fingerprint density at radius 2 is 2.16 bits per heavy atom. The van der Waals surface area contributed by atoms with Crippen molar-refractivity contribution in [3.8, 4) is 0 Å². The molecule has 1 rings (SSSR count). The van der Waals surface area contributed by atoms with Crippen LogP contribution in [0.1, 0.15) is 30.3 Å². The minimum atomic E-state index is -3.71. The maximum absolute atomic E-state index is 11.9. The molecular formula is C11H18N2O5S. The number of aromatic carboxylic acids is 1. The van der Waals surface area contributed by atoms with Gasteiger partial charge in [-0.3, -0.25) is 0 Å². The molecule has 3 N–H and O–H groups in total. The number of aliphatic hydroxyl groups is 1. The number of aromatic nitrogens is 1.